The molecule has 1 atom stereocenters. The topological polar surface area (TPSA) is 26.3 Å². The Morgan fingerprint density at radius 1 is 1.14 bits per heavy atom. The summed E-state index contributed by atoms with van der Waals surface area (Å²) in [5, 5.41) is 0. The normalized spacial score (nSPS) is 13.0. The van der Waals surface area contributed by atoms with E-state index in [1.54, 1.807) is 7.11 Å². The average Bonchev–Trinajstić information content (AvgIpc) is 2.72. The molecule has 0 heterocycles. The van der Waals surface area contributed by atoms with Crippen LogP contribution in [0.2, 0.25) is 0 Å². The minimum absolute atomic E-state index is 0.407. The molecular formula is C27H42O2. The van der Waals surface area contributed by atoms with Crippen molar-refractivity contribution in [3.8, 4) is 5.75 Å². The molecule has 0 bridgehead atoms. The van der Waals surface area contributed by atoms with Crippen LogP contribution in [0.25, 0.3) is 5.57 Å². The molecule has 0 saturated heterocycles. The van der Waals surface area contributed by atoms with E-state index in [1.807, 2.05) is 12.1 Å². The molecule has 0 radical (unpaired) electrons. The summed E-state index contributed by atoms with van der Waals surface area (Å²) in [4.78, 5) is 12.5. The first-order valence-electron chi connectivity index (χ1n) is 11.4. The van der Waals surface area contributed by atoms with Gasteiger partial charge in [0, 0.05) is 12.8 Å². The number of hydrogen-bond acceptors (Lipinski definition) is 2. The quantitative estimate of drug-likeness (QED) is 0.279. The van der Waals surface area contributed by atoms with E-state index in [2.05, 4.69) is 46.4 Å². The number of carbonyl (C=O) groups is 1. The molecule has 0 aromatic heterocycles. The fourth-order valence-corrected chi connectivity index (χ4v) is 4.15. The molecule has 0 aliphatic carbocycles. The molecule has 1 aromatic carbocycles. The Hall–Kier alpha value is -1.83. The van der Waals surface area contributed by atoms with E-state index in [0.29, 0.717) is 12.2 Å². The number of aryl methyl sites for hydroxylation is 1. The van der Waals surface area contributed by atoms with Gasteiger partial charge in [0.2, 0.25) is 0 Å². The number of ether oxygens (including phenoxy) is 1. The highest BCUT2D eigenvalue weighted by atomic mass is 16.5. The Morgan fingerprint density at radius 3 is 2.52 bits per heavy atom. The minimum atomic E-state index is 0.407. The molecule has 0 aliphatic heterocycles. The monoisotopic (exact) mass is 398 g/mol. The van der Waals surface area contributed by atoms with Crippen LogP contribution in [0.15, 0.2) is 36.4 Å². The second kappa shape index (κ2) is 14.2. The third-order valence-corrected chi connectivity index (χ3v) is 6.06. The van der Waals surface area contributed by atoms with Crippen LogP contribution in [0.5, 0.6) is 5.75 Å². The van der Waals surface area contributed by atoms with E-state index >= 15 is 0 Å². The third-order valence-electron chi connectivity index (χ3n) is 6.06. The summed E-state index contributed by atoms with van der Waals surface area (Å²) in [6.07, 6.45) is 12.2. The van der Waals surface area contributed by atoms with Crippen molar-refractivity contribution in [3.05, 3.63) is 47.6 Å². The van der Waals surface area contributed by atoms with Crippen LogP contribution in [0.1, 0.15) is 96.1 Å². The second-order valence-electron chi connectivity index (χ2n) is 8.21. The van der Waals surface area contributed by atoms with Gasteiger partial charge in [-0.2, -0.15) is 0 Å². The van der Waals surface area contributed by atoms with Crippen LogP contribution in [-0.2, 0) is 4.79 Å². The largest absolute Gasteiger partial charge is 0.497 e. The molecular weight excluding hydrogens is 356 g/mol. The first-order chi connectivity index (χ1) is 14.0. The number of allylic oxidation sites excluding steroid dienone is 3. The molecule has 162 valence electrons. The lowest BCUT2D eigenvalue weighted by Gasteiger charge is -2.15. The van der Waals surface area contributed by atoms with Gasteiger partial charge in [-0.1, -0.05) is 50.8 Å². The summed E-state index contributed by atoms with van der Waals surface area (Å²) in [7, 11) is 1.70. The first kappa shape index (κ1) is 25.2. The van der Waals surface area contributed by atoms with Crippen LogP contribution >= 0.6 is 0 Å². The van der Waals surface area contributed by atoms with Crippen LogP contribution in [0.3, 0.4) is 0 Å². The van der Waals surface area contributed by atoms with Crippen molar-refractivity contribution in [3.63, 3.8) is 0 Å². The van der Waals surface area contributed by atoms with Crippen molar-refractivity contribution in [2.24, 2.45) is 5.92 Å². The molecule has 0 saturated carbocycles. The number of hydrogen-bond donors (Lipinski definition) is 0. The van der Waals surface area contributed by atoms with Gasteiger partial charge in [-0.25, -0.2) is 0 Å². The van der Waals surface area contributed by atoms with E-state index in [1.165, 1.54) is 48.0 Å². The predicted molar refractivity (Wildman–Crippen MR) is 127 cm³/mol. The molecule has 0 aliphatic rings. The molecule has 0 N–H and O–H groups in total. The van der Waals surface area contributed by atoms with Gasteiger partial charge in [0.25, 0.3) is 0 Å². The number of methoxy groups -OCH3 is 1. The van der Waals surface area contributed by atoms with E-state index < -0.39 is 0 Å². The number of rotatable bonds is 15. The van der Waals surface area contributed by atoms with E-state index in [-0.39, 0.29) is 0 Å². The third kappa shape index (κ3) is 9.02. The van der Waals surface area contributed by atoms with Gasteiger partial charge in [-0.15, -0.1) is 6.58 Å². The van der Waals surface area contributed by atoms with Crippen molar-refractivity contribution < 1.29 is 9.53 Å². The zero-order chi connectivity index (χ0) is 21.6. The molecule has 1 rings (SSSR count). The van der Waals surface area contributed by atoms with Gasteiger partial charge in [0.05, 0.1) is 7.11 Å². The minimum Gasteiger partial charge on any atom is -0.497 e. The molecule has 1 unspecified atom stereocenters. The first-order valence-corrected chi connectivity index (χ1v) is 11.4. The van der Waals surface area contributed by atoms with Crippen LogP contribution in [0, 0.1) is 12.8 Å². The Morgan fingerprint density at radius 2 is 1.90 bits per heavy atom. The maximum Gasteiger partial charge on any atom is 0.133 e. The predicted octanol–water partition coefficient (Wildman–Crippen LogP) is 8.09. The van der Waals surface area contributed by atoms with E-state index in [4.69, 9.17) is 4.74 Å². The van der Waals surface area contributed by atoms with Crippen molar-refractivity contribution in [1.82, 2.24) is 0 Å². The van der Waals surface area contributed by atoms with Crippen molar-refractivity contribution in [2.75, 3.05) is 7.11 Å². The highest BCUT2D eigenvalue weighted by Gasteiger charge is 2.12. The van der Waals surface area contributed by atoms with Gasteiger partial charge in [0.1, 0.15) is 11.5 Å². The zero-order valence-corrected chi connectivity index (χ0v) is 19.5. The summed E-state index contributed by atoms with van der Waals surface area (Å²) >= 11 is 0. The molecule has 0 spiro atoms. The van der Waals surface area contributed by atoms with Crippen LogP contribution in [-0.4, -0.2) is 12.9 Å². The highest BCUT2D eigenvalue weighted by Crippen LogP contribution is 2.29. The Labute approximate surface area is 179 Å². The Kier molecular flexibility index (Phi) is 12.3. The SMILES string of the molecule is C=CCCC(CCC)CCCC(=O)CC/C(CC)=C(\C)c1cc(OC)ccc1C. The maximum atomic E-state index is 12.5. The fourth-order valence-electron chi connectivity index (χ4n) is 4.15. The smallest absolute Gasteiger partial charge is 0.133 e. The Balaban J connectivity index is 2.61. The van der Waals surface area contributed by atoms with E-state index in [0.717, 1.165) is 43.8 Å². The average molecular weight is 399 g/mol. The fraction of sp³-hybridized carbons (Fsp3) is 0.593. The van der Waals surface area contributed by atoms with Crippen LogP contribution < -0.4 is 4.74 Å². The van der Waals surface area contributed by atoms with Gasteiger partial charge < -0.3 is 4.74 Å². The number of carbonyl (C=O) groups excluding carboxylic acids is 1. The summed E-state index contributed by atoms with van der Waals surface area (Å²) in [6, 6.07) is 6.22. The molecule has 1 aromatic rings. The number of Topliss-reactive ketones (excluding diaryl/α,β-unsaturated/α-hetero) is 1. The van der Waals surface area contributed by atoms with Crippen molar-refractivity contribution in [1.29, 1.82) is 0 Å². The highest BCUT2D eigenvalue weighted by molar-refractivity contribution is 5.79. The zero-order valence-electron chi connectivity index (χ0n) is 19.5. The molecule has 29 heavy (non-hydrogen) atoms. The van der Waals surface area contributed by atoms with Gasteiger partial charge in [0.15, 0.2) is 0 Å². The molecule has 2 heteroatoms. The molecule has 0 amide bonds. The number of benzene rings is 1. The lowest BCUT2D eigenvalue weighted by molar-refractivity contribution is -0.119. The lowest BCUT2D eigenvalue weighted by Crippen LogP contribution is -2.04. The maximum absolute atomic E-state index is 12.5. The standard InChI is InChI=1S/C27H42O2/c1-7-10-13-23(12-8-2)14-11-15-25(28)18-17-24(9-3)22(5)27-20-26(29-6)19-16-21(27)4/h7,16,19-20,23H,1,8-15,17-18H2,2-6H3/b24-22+. The number of ketones is 1. The van der Waals surface area contributed by atoms with Gasteiger partial charge in [-0.05, 0) is 80.7 Å². The summed E-state index contributed by atoms with van der Waals surface area (Å²) in [6.45, 7) is 12.6. The van der Waals surface area contributed by atoms with E-state index in [9.17, 15) is 4.79 Å². The lowest BCUT2D eigenvalue weighted by atomic mass is 9.90. The van der Waals surface area contributed by atoms with Crippen molar-refractivity contribution in [2.45, 2.75) is 91.9 Å². The second-order valence-corrected chi connectivity index (χ2v) is 8.21. The van der Waals surface area contributed by atoms with Crippen molar-refractivity contribution >= 4 is 11.4 Å². The van der Waals surface area contributed by atoms with Gasteiger partial charge in [-0.3, -0.25) is 4.79 Å². The summed E-state index contributed by atoms with van der Waals surface area (Å²) in [5.41, 5.74) is 5.16. The molecule has 0 fully saturated rings. The van der Waals surface area contributed by atoms with Gasteiger partial charge >= 0.3 is 0 Å². The molecule has 2 nitrogen and oxygen atoms in total. The summed E-state index contributed by atoms with van der Waals surface area (Å²) in [5.74, 6) is 2.04. The Bertz CT molecular complexity index is 669. The van der Waals surface area contributed by atoms with Crippen LogP contribution in [0.4, 0.5) is 0 Å². The summed E-state index contributed by atoms with van der Waals surface area (Å²) < 4.78 is 5.39.